The number of halogens is 2. The first-order valence-electron chi connectivity index (χ1n) is 5.98. The molecule has 0 unspecified atom stereocenters. The normalized spacial score (nSPS) is 14.8. The van der Waals surface area contributed by atoms with Gasteiger partial charge in [0.25, 0.3) is 5.56 Å². The molecule has 0 bridgehead atoms. The van der Waals surface area contributed by atoms with Gasteiger partial charge in [0.15, 0.2) is 0 Å². The molecule has 2 aromatic rings. The first-order valence-corrected chi connectivity index (χ1v) is 6.69. The summed E-state index contributed by atoms with van der Waals surface area (Å²) in [5.74, 6) is 0.548. The number of nitrogens with one attached hydrogen (secondary N) is 1. The van der Waals surface area contributed by atoms with Gasteiger partial charge in [-0.15, -0.1) is 0 Å². The van der Waals surface area contributed by atoms with E-state index in [1.165, 1.54) is 4.57 Å². The predicted octanol–water partition coefficient (Wildman–Crippen LogP) is 1.87. The molecule has 2 aliphatic heterocycles. The molecule has 0 spiro atoms. The van der Waals surface area contributed by atoms with Crippen LogP contribution in [-0.4, -0.2) is 15.2 Å². The molecular weight excluding hydrogens is 303 g/mol. The van der Waals surface area contributed by atoms with E-state index in [1.807, 2.05) is 4.90 Å². The summed E-state index contributed by atoms with van der Waals surface area (Å²) in [7, 11) is 0. The molecule has 0 fully saturated rings. The van der Waals surface area contributed by atoms with Crippen LogP contribution >= 0.6 is 23.4 Å². The SMILES string of the molecule is O=c1c2c3n(c(=O)n1Cl)CCN3c1cc(Cl)ccc1N2. The molecule has 4 rings (SSSR count). The van der Waals surface area contributed by atoms with Crippen molar-refractivity contribution in [3.8, 4) is 0 Å². The zero-order valence-corrected chi connectivity index (χ0v) is 11.6. The fourth-order valence-electron chi connectivity index (χ4n) is 2.71. The third-order valence-electron chi connectivity index (χ3n) is 3.58. The number of aromatic nitrogens is 2. The number of rotatable bonds is 0. The number of hydrogen-bond acceptors (Lipinski definition) is 4. The second kappa shape index (κ2) is 3.80. The molecule has 20 heavy (non-hydrogen) atoms. The monoisotopic (exact) mass is 310 g/mol. The van der Waals surface area contributed by atoms with Crippen molar-refractivity contribution in [1.29, 1.82) is 0 Å². The van der Waals surface area contributed by atoms with Crippen LogP contribution in [0.1, 0.15) is 0 Å². The summed E-state index contributed by atoms with van der Waals surface area (Å²) in [6.45, 7) is 1.07. The maximum Gasteiger partial charge on any atom is 0.347 e. The molecule has 1 N–H and O–H groups in total. The number of anilines is 4. The Labute approximate surface area is 122 Å². The first kappa shape index (κ1) is 11.9. The van der Waals surface area contributed by atoms with Crippen LogP contribution in [-0.2, 0) is 6.54 Å². The van der Waals surface area contributed by atoms with Crippen molar-refractivity contribution in [2.75, 3.05) is 16.8 Å². The van der Waals surface area contributed by atoms with E-state index in [-0.39, 0.29) is 0 Å². The van der Waals surface area contributed by atoms with Crippen molar-refractivity contribution in [1.82, 2.24) is 8.65 Å². The molecule has 0 radical (unpaired) electrons. The Kier molecular flexibility index (Phi) is 2.26. The lowest BCUT2D eigenvalue weighted by Crippen LogP contribution is -2.37. The summed E-state index contributed by atoms with van der Waals surface area (Å²) in [5.41, 5.74) is 0.859. The van der Waals surface area contributed by atoms with Crippen molar-refractivity contribution < 1.29 is 0 Å². The Hall–Kier alpha value is -1.92. The van der Waals surface area contributed by atoms with Crippen LogP contribution in [0.4, 0.5) is 22.9 Å². The van der Waals surface area contributed by atoms with Gasteiger partial charge in [0.05, 0.1) is 11.4 Å². The van der Waals surface area contributed by atoms with E-state index in [0.29, 0.717) is 33.7 Å². The summed E-state index contributed by atoms with van der Waals surface area (Å²) >= 11 is 11.8. The lowest BCUT2D eigenvalue weighted by atomic mass is 10.2. The first-order chi connectivity index (χ1) is 9.58. The Morgan fingerprint density at radius 2 is 2.00 bits per heavy atom. The molecule has 3 heterocycles. The van der Waals surface area contributed by atoms with Crippen LogP contribution in [0.15, 0.2) is 27.8 Å². The highest BCUT2D eigenvalue weighted by Gasteiger charge is 2.33. The highest BCUT2D eigenvalue weighted by molar-refractivity contribution is 6.31. The summed E-state index contributed by atoms with van der Waals surface area (Å²) in [5, 5.41) is 3.64. The molecule has 0 saturated carbocycles. The number of fused-ring (bicyclic) bond motifs is 2. The summed E-state index contributed by atoms with van der Waals surface area (Å²) in [4.78, 5) is 26.1. The number of benzene rings is 1. The quantitative estimate of drug-likeness (QED) is 0.807. The lowest BCUT2D eigenvalue weighted by molar-refractivity contribution is 0.721. The van der Waals surface area contributed by atoms with Gasteiger partial charge in [-0.1, -0.05) is 11.6 Å². The Morgan fingerprint density at radius 1 is 1.20 bits per heavy atom. The van der Waals surface area contributed by atoms with Gasteiger partial charge in [0, 0.05) is 29.9 Å². The molecule has 1 aromatic carbocycles. The van der Waals surface area contributed by atoms with Crippen molar-refractivity contribution in [3.63, 3.8) is 0 Å². The minimum Gasteiger partial charge on any atom is -0.346 e. The van der Waals surface area contributed by atoms with E-state index < -0.39 is 11.2 Å². The molecule has 2 aliphatic rings. The predicted molar refractivity (Wildman–Crippen MR) is 78.0 cm³/mol. The fourth-order valence-corrected chi connectivity index (χ4v) is 3.05. The summed E-state index contributed by atoms with van der Waals surface area (Å²) in [6, 6.07) is 5.34. The molecule has 0 amide bonds. The Morgan fingerprint density at radius 3 is 2.80 bits per heavy atom. The van der Waals surface area contributed by atoms with Gasteiger partial charge in [-0.25, -0.2) is 4.79 Å². The molecule has 1 aromatic heterocycles. The highest BCUT2D eigenvalue weighted by Crippen LogP contribution is 2.44. The standard InChI is InChI=1S/C12H8Cl2N4O2/c13-6-1-2-7-8(5-6)16-3-4-17-10(16)9(15-7)11(19)18(14)12(17)20/h1-2,5,15H,3-4H2. The topological polar surface area (TPSA) is 59.3 Å². The van der Waals surface area contributed by atoms with Gasteiger partial charge in [-0.05, 0) is 18.2 Å². The maximum absolute atomic E-state index is 12.1. The van der Waals surface area contributed by atoms with Gasteiger partial charge in [0.1, 0.15) is 11.5 Å². The van der Waals surface area contributed by atoms with Gasteiger partial charge in [-0.2, -0.15) is 4.09 Å². The van der Waals surface area contributed by atoms with Crippen molar-refractivity contribution >= 4 is 46.3 Å². The zero-order chi connectivity index (χ0) is 14.0. The van der Waals surface area contributed by atoms with Gasteiger partial charge < -0.3 is 10.2 Å². The second-order valence-corrected chi connectivity index (χ2v) is 5.43. The zero-order valence-electron chi connectivity index (χ0n) is 10.1. The Bertz CT molecular complexity index is 871. The Balaban J connectivity index is 2.09. The minimum atomic E-state index is -0.546. The number of hydrogen-bond donors (Lipinski definition) is 1. The smallest absolute Gasteiger partial charge is 0.346 e. The molecular formula is C12H8Cl2N4O2. The van der Waals surface area contributed by atoms with E-state index in [2.05, 4.69) is 5.32 Å². The third-order valence-corrected chi connectivity index (χ3v) is 4.12. The highest BCUT2D eigenvalue weighted by atomic mass is 35.5. The molecule has 102 valence electrons. The fraction of sp³-hybridized carbons (Fsp3) is 0.167. The largest absolute Gasteiger partial charge is 0.347 e. The van der Waals surface area contributed by atoms with Crippen LogP contribution < -0.4 is 21.5 Å². The van der Waals surface area contributed by atoms with E-state index >= 15 is 0 Å². The van der Waals surface area contributed by atoms with Gasteiger partial charge >= 0.3 is 5.69 Å². The average molecular weight is 311 g/mol. The number of nitrogens with zero attached hydrogens (tertiary/aromatic N) is 3. The van der Waals surface area contributed by atoms with Crippen LogP contribution in [0.5, 0.6) is 0 Å². The van der Waals surface area contributed by atoms with Crippen LogP contribution in [0.2, 0.25) is 5.02 Å². The van der Waals surface area contributed by atoms with Crippen molar-refractivity contribution in [2.45, 2.75) is 6.54 Å². The van der Waals surface area contributed by atoms with Crippen molar-refractivity contribution in [3.05, 3.63) is 44.1 Å². The van der Waals surface area contributed by atoms with Crippen LogP contribution in [0.25, 0.3) is 0 Å². The van der Waals surface area contributed by atoms with Gasteiger partial charge in [-0.3, -0.25) is 9.36 Å². The van der Waals surface area contributed by atoms with E-state index in [4.69, 9.17) is 23.4 Å². The van der Waals surface area contributed by atoms with Crippen LogP contribution in [0.3, 0.4) is 0 Å². The van der Waals surface area contributed by atoms with E-state index in [0.717, 1.165) is 11.4 Å². The van der Waals surface area contributed by atoms with E-state index in [1.54, 1.807) is 18.2 Å². The lowest BCUT2D eigenvalue weighted by Gasteiger charge is -2.29. The van der Waals surface area contributed by atoms with E-state index in [9.17, 15) is 9.59 Å². The molecule has 0 atom stereocenters. The summed E-state index contributed by atoms with van der Waals surface area (Å²) < 4.78 is 2.09. The van der Waals surface area contributed by atoms with Crippen LogP contribution in [0, 0.1) is 0 Å². The third kappa shape index (κ3) is 1.35. The minimum absolute atomic E-state index is 0.312. The van der Waals surface area contributed by atoms with Crippen molar-refractivity contribution in [2.24, 2.45) is 0 Å². The van der Waals surface area contributed by atoms with Gasteiger partial charge in [0.2, 0.25) is 0 Å². The average Bonchev–Trinajstić information content (AvgIpc) is 2.88. The molecule has 8 heteroatoms. The molecule has 6 nitrogen and oxygen atoms in total. The summed E-state index contributed by atoms with van der Waals surface area (Å²) in [6.07, 6.45) is 0. The molecule has 0 aliphatic carbocycles. The maximum atomic E-state index is 12.1. The molecule has 0 saturated heterocycles. The second-order valence-electron chi connectivity index (χ2n) is 4.66.